The average molecular weight is 299 g/mol. The van der Waals surface area contributed by atoms with E-state index in [1.165, 1.54) is 11.0 Å². The highest BCUT2D eigenvalue weighted by atomic mass is 19.4. The van der Waals surface area contributed by atoms with Crippen molar-refractivity contribution >= 4 is 17.9 Å². The Bertz CT molecular complexity index is 567. The summed E-state index contributed by atoms with van der Waals surface area (Å²) in [5.74, 6) is 0. The number of rotatable bonds is 2. The molecule has 114 valence electrons. The van der Waals surface area contributed by atoms with E-state index < -0.39 is 17.8 Å². The number of carbonyl (C=O) groups is 1. The van der Waals surface area contributed by atoms with Gasteiger partial charge in [0.1, 0.15) is 0 Å². The predicted octanol–water partition coefficient (Wildman–Crippen LogP) is 4.47. The second-order valence-electron chi connectivity index (χ2n) is 4.67. The topological polar surface area (TPSA) is 29.5 Å². The van der Waals surface area contributed by atoms with Gasteiger partial charge in [-0.15, -0.1) is 0 Å². The second-order valence-corrected chi connectivity index (χ2v) is 4.67. The number of ether oxygens (including phenoxy) is 1. The fraction of sp³-hybridized carbons (Fsp3) is 0.400. The highest BCUT2D eigenvalue weighted by molar-refractivity contribution is 5.93. The van der Waals surface area contributed by atoms with Gasteiger partial charge >= 0.3 is 12.3 Å². The van der Waals surface area contributed by atoms with E-state index in [0.29, 0.717) is 17.7 Å². The molecule has 1 heterocycles. The number of anilines is 1. The van der Waals surface area contributed by atoms with Crippen molar-refractivity contribution in [1.82, 2.24) is 0 Å². The van der Waals surface area contributed by atoms with Gasteiger partial charge in [-0.1, -0.05) is 19.1 Å². The van der Waals surface area contributed by atoms with Crippen LogP contribution in [-0.4, -0.2) is 18.7 Å². The van der Waals surface area contributed by atoms with Gasteiger partial charge in [0.05, 0.1) is 23.9 Å². The van der Waals surface area contributed by atoms with Crippen molar-refractivity contribution in [2.45, 2.75) is 32.5 Å². The molecular weight excluding hydrogens is 283 g/mol. The van der Waals surface area contributed by atoms with Gasteiger partial charge in [-0.3, -0.25) is 4.90 Å². The predicted molar refractivity (Wildman–Crippen MR) is 74.1 cm³/mol. The molecule has 0 bridgehead atoms. The van der Waals surface area contributed by atoms with E-state index in [4.69, 9.17) is 4.74 Å². The largest absolute Gasteiger partial charge is 0.449 e. The number of amides is 1. The first-order valence-electron chi connectivity index (χ1n) is 6.74. The SMILES string of the molecule is CCOC(=O)N1c2ccc(C(F)(F)F)cc2C=CC1CC. The number of benzene rings is 1. The first kappa shape index (κ1) is 15.4. The molecule has 0 fully saturated rings. The van der Waals surface area contributed by atoms with Gasteiger partial charge < -0.3 is 4.74 Å². The summed E-state index contributed by atoms with van der Waals surface area (Å²) < 4.78 is 43.2. The van der Waals surface area contributed by atoms with Crippen LogP contribution in [0.3, 0.4) is 0 Å². The van der Waals surface area contributed by atoms with E-state index >= 15 is 0 Å². The maximum atomic E-state index is 12.7. The fourth-order valence-corrected chi connectivity index (χ4v) is 2.31. The number of nitrogens with zero attached hydrogens (tertiary/aromatic N) is 1. The van der Waals surface area contributed by atoms with E-state index in [1.54, 1.807) is 19.1 Å². The zero-order valence-corrected chi connectivity index (χ0v) is 11.8. The maximum absolute atomic E-state index is 12.7. The minimum atomic E-state index is -4.40. The van der Waals surface area contributed by atoms with Gasteiger partial charge in [-0.2, -0.15) is 13.2 Å². The molecule has 1 amide bonds. The van der Waals surface area contributed by atoms with E-state index in [0.717, 1.165) is 12.1 Å². The lowest BCUT2D eigenvalue weighted by atomic mass is 9.99. The molecule has 21 heavy (non-hydrogen) atoms. The maximum Gasteiger partial charge on any atom is 0.416 e. The number of hydrogen-bond acceptors (Lipinski definition) is 2. The third-order valence-electron chi connectivity index (χ3n) is 3.33. The summed E-state index contributed by atoms with van der Waals surface area (Å²) in [6.45, 7) is 3.80. The number of alkyl halides is 3. The molecule has 0 radical (unpaired) electrons. The van der Waals surface area contributed by atoms with Crippen LogP contribution in [0.5, 0.6) is 0 Å². The van der Waals surface area contributed by atoms with Gasteiger partial charge in [-0.05, 0) is 37.1 Å². The van der Waals surface area contributed by atoms with E-state index in [1.807, 2.05) is 6.92 Å². The monoisotopic (exact) mass is 299 g/mol. The number of carbonyl (C=O) groups excluding carboxylic acids is 1. The van der Waals surface area contributed by atoms with Crippen molar-refractivity contribution in [3.63, 3.8) is 0 Å². The van der Waals surface area contributed by atoms with Crippen molar-refractivity contribution in [3.05, 3.63) is 35.4 Å². The van der Waals surface area contributed by atoms with Crippen LogP contribution >= 0.6 is 0 Å². The van der Waals surface area contributed by atoms with Gasteiger partial charge in [-0.25, -0.2) is 4.79 Å². The van der Waals surface area contributed by atoms with Gasteiger partial charge in [0.15, 0.2) is 0 Å². The number of halogens is 3. The molecular formula is C15H16F3NO2. The summed E-state index contributed by atoms with van der Waals surface area (Å²) in [4.78, 5) is 13.5. The Morgan fingerprint density at radius 1 is 1.33 bits per heavy atom. The lowest BCUT2D eigenvalue weighted by molar-refractivity contribution is -0.137. The molecule has 1 aliphatic rings. The van der Waals surface area contributed by atoms with Gasteiger partial charge in [0.2, 0.25) is 0 Å². The van der Waals surface area contributed by atoms with E-state index in [-0.39, 0.29) is 12.6 Å². The van der Waals surface area contributed by atoms with Crippen LogP contribution in [0.25, 0.3) is 6.08 Å². The summed E-state index contributed by atoms with van der Waals surface area (Å²) in [6, 6.07) is 3.13. The summed E-state index contributed by atoms with van der Waals surface area (Å²) in [5.41, 5.74) is 0.0723. The normalized spacial score (nSPS) is 17.6. The summed E-state index contributed by atoms with van der Waals surface area (Å²) >= 11 is 0. The lowest BCUT2D eigenvalue weighted by Crippen LogP contribution is -2.41. The van der Waals surface area contributed by atoms with E-state index in [2.05, 4.69) is 0 Å². The molecule has 1 aromatic rings. The Morgan fingerprint density at radius 3 is 2.62 bits per heavy atom. The summed E-state index contributed by atoms with van der Waals surface area (Å²) in [5, 5.41) is 0. The molecule has 3 nitrogen and oxygen atoms in total. The molecule has 1 atom stereocenters. The van der Waals surface area contributed by atoms with Crippen molar-refractivity contribution in [2.24, 2.45) is 0 Å². The van der Waals surface area contributed by atoms with Crippen molar-refractivity contribution in [2.75, 3.05) is 11.5 Å². The molecule has 6 heteroatoms. The second kappa shape index (κ2) is 5.79. The van der Waals surface area contributed by atoms with Gasteiger partial charge in [0, 0.05) is 0 Å². The molecule has 0 aromatic heterocycles. The highest BCUT2D eigenvalue weighted by Crippen LogP contribution is 2.36. The summed E-state index contributed by atoms with van der Waals surface area (Å²) in [7, 11) is 0. The third kappa shape index (κ3) is 3.04. The first-order valence-corrected chi connectivity index (χ1v) is 6.74. The number of hydrogen-bond donors (Lipinski definition) is 0. The van der Waals surface area contributed by atoms with Crippen molar-refractivity contribution in [3.8, 4) is 0 Å². The van der Waals surface area contributed by atoms with Crippen LogP contribution in [0.4, 0.5) is 23.7 Å². The van der Waals surface area contributed by atoms with Crippen LogP contribution in [0, 0.1) is 0 Å². The number of fused-ring (bicyclic) bond motifs is 1. The third-order valence-corrected chi connectivity index (χ3v) is 3.33. The first-order chi connectivity index (χ1) is 9.88. The molecule has 1 aromatic carbocycles. The molecule has 0 saturated carbocycles. The van der Waals surface area contributed by atoms with Crippen LogP contribution in [0.15, 0.2) is 24.3 Å². The molecule has 0 spiro atoms. The zero-order chi connectivity index (χ0) is 15.6. The fourth-order valence-electron chi connectivity index (χ4n) is 2.31. The lowest BCUT2D eigenvalue weighted by Gasteiger charge is -2.32. The van der Waals surface area contributed by atoms with Crippen molar-refractivity contribution in [1.29, 1.82) is 0 Å². The molecule has 1 aliphatic heterocycles. The Kier molecular flexibility index (Phi) is 4.25. The molecule has 1 unspecified atom stereocenters. The zero-order valence-electron chi connectivity index (χ0n) is 11.8. The Morgan fingerprint density at radius 2 is 2.05 bits per heavy atom. The standard InChI is InChI=1S/C15H16F3NO2/c1-3-12-7-5-10-9-11(15(16,17)18)6-8-13(10)19(12)14(20)21-4-2/h5-9,12H,3-4H2,1-2H3. The highest BCUT2D eigenvalue weighted by Gasteiger charge is 2.33. The Labute approximate surface area is 121 Å². The van der Waals surface area contributed by atoms with Crippen LogP contribution in [0.1, 0.15) is 31.4 Å². The Hall–Kier alpha value is -1.98. The molecule has 0 aliphatic carbocycles. The quantitative estimate of drug-likeness (QED) is 0.806. The van der Waals surface area contributed by atoms with E-state index in [9.17, 15) is 18.0 Å². The average Bonchev–Trinajstić information content (AvgIpc) is 2.44. The minimum Gasteiger partial charge on any atom is -0.449 e. The summed E-state index contributed by atoms with van der Waals surface area (Å²) in [6.07, 6.45) is -0.960. The van der Waals surface area contributed by atoms with Crippen LogP contribution < -0.4 is 4.90 Å². The van der Waals surface area contributed by atoms with Crippen LogP contribution in [0.2, 0.25) is 0 Å². The minimum absolute atomic E-state index is 0.214. The smallest absolute Gasteiger partial charge is 0.416 e. The van der Waals surface area contributed by atoms with Crippen molar-refractivity contribution < 1.29 is 22.7 Å². The molecule has 2 rings (SSSR count). The Balaban J connectivity index is 2.45. The molecule has 0 N–H and O–H groups in total. The van der Waals surface area contributed by atoms with Gasteiger partial charge in [0.25, 0.3) is 0 Å². The molecule has 0 saturated heterocycles. The van der Waals surface area contributed by atoms with Crippen LogP contribution in [-0.2, 0) is 10.9 Å².